The van der Waals surface area contributed by atoms with Crippen molar-refractivity contribution in [2.45, 2.75) is 31.4 Å². The summed E-state index contributed by atoms with van der Waals surface area (Å²) < 4.78 is 32.8. The summed E-state index contributed by atoms with van der Waals surface area (Å²) >= 11 is 1.02. The van der Waals surface area contributed by atoms with Gasteiger partial charge >= 0.3 is 5.92 Å². The highest BCUT2D eigenvalue weighted by molar-refractivity contribution is 7.21. The van der Waals surface area contributed by atoms with Gasteiger partial charge in [0.15, 0.2) is 21.3 Å². The van der Waals surface area contributed by atoms with Crippen LogP contribution in [0.1, 0.15) is 24.2 Å². The lowest BCUT2D eigenvalue weighted by molar-refractivity contribution is -0.122. The number of carbonyl (C=O) groups excluding carboxylic acids is 1. The quantitative estimate of drug-likeness (QED) is 0.575. The van der Waals surface area contributed by atoms with Crippen LogP contribution in [-0.2, 0) is 22.0 Å². The minimum Gasteiger partial charge on any atom is -0.378 e. The Labute approximate surface area is 180 Å². The zero-order valence-corrected chi connectivity index (χ0v) is 17.5. The Morgan fingerprint density at radius 2 is 2.13 bits per heavy atom. The summed E-state index contributed by atoms with van der Waals surface area (Å²) in [5.41, 5.74) is 0.218. The van der Waals surface area contributed by atoms with Crippen LogP contribution in [0.15, 0.2) is 35.1 Å². The third kappa shape index (κ3) is 4.42. The first-order valence-electron chi connectivity index (χ1n) is 9.75. The molecule has 11 heteroatoms. The lowest BCUT2D eigenvalue weighted by Crippen LogP contribution is -2.43. The van der Waals surface area contributed by atoms with Gasteiger partial charge in [-0.15, -0.1) is 0 Å². The van der Waals surface area contributed by atoms with Crippen LogP contribution in [0.2, 0.25) is 0 Å². The fraction of sp³-hybridized carbons (Fsp3) is 0.400. The van der Waals surface area contributed by atoms with E-state index in [0.717, 1.165) is 30.4 Å². The number of nitrogens with zero attached hydrogens (tertiary/aromatic N) is 3. The van der Waals surface area contributed by atoms with Gasteiger partial charge in [-0.05, 0) is 18.4 Å². The van der Waals surface area contributed by atoms with Crippen LogP contribution in [0.3, 0.4) is 0 Å². The summed E-state index contributed by atoms with van der Waals surface area (Å²) in [6.45, 7) is 0.0831. The summed E-state index contributed by atoms with van der Waals surface area (Å²) in [5.74, 6) is -4.34. The van der Waals surface area contributed by atoms with Crippen molar-refractivity contribution < 1.29 is 18.3 Å². The number of hydrogen-bond donors (Lipinski definition) is 2. The molecule has 1 fully saturated rings. The van der Waals surface area contributed by atoms with Crippen molar-refractivity contribution in [2.24, 2.45) is 0 Å². The Morgan fingerprint density at radius 1 is 1.35 bits per heavy atom. The standard InChI is InChI=1S/C20H21F2N5O3S/c1-30-11-20(21,22)18-25-16(29)14-17(26-18)31-19(24-14)27-9-5-8-13(27)15(28)23-10-12-6-3-2-4-7-12/h2-4,6-7,13H,5,8-11H2,1H3,(H,23,28)(H,25,26,29)/t13-/m1/s1. The van der Waals surface area contributed by atoms with Gasteiger partial charge < -0.3 is 19.9 Å². The molecular formula is C20H21F2N5O3S. The number of amides is 1. The van der Waals surface area contributed by atoms with E-state index in [1.54, 1.807) is 4.90 Å². The Hall–Kier alpha value is -2.92. The number of aromatic nitrogens is 3. The number of aromatic amines is 1. The molecule has 3 heterocycles. The molecule has 0 saturated carbocycles. The van der Waals surface area contributed by atoms with E-state index in [-0.39, 0.29) is 16.3 Å². The molecule has 2 N–H and O–H groups in total. The van der Waals surface area contributed by atoms with Crippen LogP contribution < -0.4 is 15.8 Å². The van der Waals surface area contributed by atoms with Gasteiger partial charge in [-0.3, -0.25) is 9.59 Å². The highest BCUT2D eigenvalue weighted by Gasteiger charge is 2.37. The lowest BCUT2D eigenvalue weighted by atomic mass is 10.2. The van der Waals surface area contributed by atoms with Crippen LogP contribution >= 0.6 is 11.3 Å². The van der Waals surface area contributed by atoms with Crippen molar-refractivity contribution in [3.05, 3.63) is 52.1 Å². The van der Waals surface area contributed by atoms with Crippen molar-refractivity contribution >= 4 is 32.7 Å². The van der Waals surface area contributed by atoms with E-state index in [1.165, 1.54) is 0 Å². The molecule has 164 valence electrons. The normalized spacial score (nSPS) is 16.7. The molecule has 4 rings (SSSR count). The highest BCUT2D eigenvalue weighted by Crippen LogP contribution is 2.33. The lowest BCUT2D eigenvalue weighted by Gasteiger charge is -2.23. The molecule has 1 amide bonds. The third-order valence-electron chi connectivity index (χ3n) is 5.04. The van der Waals surface area contributed by atoms with E-state index >= 15 is 0 Å². The van der Waals surface area contributed by atoms with Crippen LogP contribution in [0.5, 0.6) is 0 Å². The molecule has 0 bridgehead atoms. The van der Waals surface area contributed by atoms with E-state index in [1.807, 2.05) is 30.3 Å². The summed E-state index contributed by atoms with van der Waals surface area (Å²) in [4.78, 5) is 37.3. The SMILES string of the molecule is COCC(F)(F)c1nc2sc(N3CCC[C@@H]3C(=O)NCc3ccccc3)nc2c(=O)[nH]1. The van der Waals surface area contributed by atoms with E-state index in [0.29, 0.717) is 24.6 Å². The summed E-state index contributed by atoms with van der Waals surface area (Å²) in [5, 5.41) is 3.34. The topological polar surface area (TPSA) is 100 Å². The first kappa shape index (κ1) is 21.3. The number of methoxy groups -OCH3 is 1. The van der Waals surface area contributed by atoms with Gasteiger partial charge in [0.05, 0.1) is 0 Å². The average molecular weight is 449 g/mol. The van der Waals surface area contributed by atoms with Crippen molar-refractivity contribution in [2.75, 3.05) is 25.2 Å². The first-order chi connectivity index (χ1) is 14.9. The molecule has 0 spiro atoms. The number of ether oxygens (including phenoxy) is 1. The van der Waals surface area contributed by atoms with Gasteiger partial charge in [-0.1, -0.05) is 41.7 Å². The molecule has 1 aliphatic rings. The minimum absolute atomic E-state index is 0.0210. The number of anilines is 1. The summed E-state index contributed by atoms with van der Waals surface area (Å²) in [6, 6.07) is 9.12. The van der Waals surface area contributed by atoms with Crippen LogP contribution in [0, 0.1) is 0 Å². The van der Waals surface area contributed by atoms with Gasteiger partial charge in [0.1, 0.15) is 12.6 Å². The first-order valence-corrected chi connectivity index (χ1v) is 10.6. The molecule has 31 heavy (non-hydrogen) atoms. The van der Waals surface area contributed by atoms with Crippen LogP contribution in [0.25, 0.3) is 10.3 Å². The van der Waals surface area contributed by atoms with Crippen LogP contribution in [-0.4, -0.2) is 47.2 Å². The second-order valence-electron chi connectivity index (χ2n) is 7.26. The zero-order valence-electron chi connectivity index (χ0n) is 16.7. The molecule has 2 aromatic heterocycles. The molecule has 0 aliphatic carbocycles. The molecule has 3 aromatic rings. The minimum atomic E-state index is -3.43. The van der Waals surface area contributed by atoms with E-state index in [2.05, 4.69) is 25.0 Å². The molecule has 1 saturated heterocycles. The van der Waals surface area contributed by atoms with Gasteiger partial charge in [0.25, 0.3) is 5.56 Å². The average Bonchev–Trinajstić information content (AvgIpc) is 3.40. The van der Waals surface area contributed by atoms with Crippen molar-refractivity contribution in [1.29, 1.82) is 0 Å². The smallest absolute Gasteiger partial charge is 0.327 e. The summed E-state index contributed by atoms with van der Waals surface area (Å²) in [7, 11) is 1.14. The molecule has 1 aliphatic heterocycles. The van der Waals surface area contributed by atoms with Gasteiger partial charge in [0.2, 0.25) is 5.91 Å². The van der Waals surface area contributed by atoms with Crippen LogP contribution in [0.4, 0.5) is 13.9 Å². The molecular weight excluding hydrogens is 428 g/mol. The third-order valence-corrected chi connectivity index (χ3v) is 6.03. The molecule has 0 unspecified atom stereocenters. The fourth-order valence-corrected chi connectivity index (χ4v) is 4.56. The Kier molecular flexibility index (Phi) is 5.96. The number of nitrogens with one attached hydrogen (secondary N) is 2. The van der Waals surface area contributed by atoms with Crippen molar-refractivity contribution in [1.82, 2.24) is 20.3 Å². The maximum Gasteiger partial charge on any atom is 0.327 e. The molecule has 8 nitrogen and oxygen atoms in total. The van der Waals surface area contributed by atoms with E-state index < -0.39 is 30.0 Å². The molecule has 0 radical (unpaired) electrons. The summed E-state index contributed by atoms with van der Waals surface area (Å²) in [6.07, 6.45) is 1.41. The number of rotatable bonds is 7. The highest BCUT2D eigenvalue weighted by atomic mass is 32.1. The monoisotopic (exact) mass is 449 g/mol. The predicted molar refractivity (Wildman–Crippen MR) is 112 cm³/mol. The zero-order chi connectivity index (χ0) is 22.0. The number of benzene rings is 1. The second-order valence-corrected chi connectivity index (χ2v) is 8.21. The van der Waals surface area contributed by atoms with Gasteiger partial charge in [-0.2, -0.15) is 8.78 Å². The van der Waals surface area contributed by atoms with Gasteiger partial charge in [0, 0.05) is 20.2 Å². The van der Waals surface area contributed by atoms with E-state index in [9.17, 15) is 18.4 Å². The number of carbonyl (C=O) groups is 1. The fourth-order valence-electron chi connectivity index (χ4n) is 3.54. The predicted octanol–water partition coefficient (Wildman–Crippen LogP) is 2.40. The van der Waals surface area contributed by atoms with E-state index in [4.69, 9.17) is 0 Å². The largest absolute Gasteiger partial charge is 0.378 e. The maximum absolute atomic E-state index is 14.1. The number of alkyl halides is 2. The number of hydrogen-bond acceptors (Lipinski definition) is 7. The maximum atomic E-state index is 14.1. The molecule has 1 atom stereocenters. The Bertz CT molecular complexity index is 1130. The molecule has 1 aromatic carbocycles. The Morgan fingerprint density at radius 3 is 2.87 bits per heavy atom. The number of halogens is 2. The Balaban J connectivity index is 1.56. The second kappa shape index (κ2) is 8.67. The van der Waals surface area contributed by atoms with Crippen molar-refractivity contribution in [3.8, 4) is 0 Å². The number of H-pyrrole nitrogens is 1. The number of fused-ring (bicyclic) bond motifs is 1. The van der Waals surface area contributed by atoms with Gasteiger partial charge in [-0.25, -0.2) is 9.97 Å². The van der Waals surface area contributed by atoms with Crippen molar-refractivity contribution in [3.63, 3.8) is 0 Å². The number of thiazole rings is 1.